The molecular weight excluding hydrogens is 768 g/mol. The molecule has 17 N–H and O–H groups in total. The molecule has 6 aliphatic carbocycles. The zero-order valence-corrected chi connectivity index (χ0v) is 29.6. The third-order valence-corrected chi connectivity index (χ3v) is 12.6. The zero-order chi connectivity index (χ0) is 42.4. The highest BCUT2D eigenvalue weighted by Gasteiger charge is 2.66. The molecule has 2 fully saturated rings. The summed E-state index contributed by atoms with van der Waals surface area (Å²) in [6, 6.07) is 2.33. The quantitative estimate of drug-likeness (QED) is 0.120. The van der Waals surface area contributed by atoms with Crippen LogP contribution >= 0.6 is 0 Å². The molecule has 2 aromatic rings. The molecule has 8 rings (SSSR count). The number of nitrogens with one attached hydrogen (secondary N) is 1. The Kier molecular flexibility index (Phi) is 8.15. The van der Waals surface area contributed by atoms with Crippen LogP contribution in [0, 0.1) is 23.7 Å². The van der Waals surface area contributed by atoms with Gasteiger partial charge in [-0.3, -0.25) is 28.8 Å². The van der Waals surface area contributed by atoms with Gasteiger partial charge < -0.3 is 73.6 Å². The largest absolute Gasteiger partial charge is 0.508 e. The third kappa shape index (κ3) is 4.54. The lowest BCUT2D eigenvalue weighted by atomic mass is 9.57. The van der Waals surface area contributed by atoms with Gasteiger partial charge >= 0.3 is 0 Å². The van der Waals surface area contributed by atoms with E-state index in [4.69, 9.17) is 17.2 Å². The van der Waals surface area contributed by atoms with Gasteiger partial charge in [-0.05, 0) is 36.1 Å². The van der Waals surface area contributed by atoms with Gasteiger partial charge in [-0.15, -0.1) is 0 Å². The predicted octanol–water partition coefficient (Wildman–Crippen LogP) is -1.83. The van der Waals surface area contributed by atoms with E-state index < -0.39 is 175 Å². The number of primary amides is 1. The minimum atomic E-state index is -3.14. The van der Waals surface area contributed by atoms with Gasteiger partial charge in [0, 0.05) is 34.8 Å². The van der Waals surface area contributed by atoms with Crippen molar-refractivity contribution in [3.8, 4) is 11.5 Å². The molecule has 58 heavy (non-hydrogen) atoms. The van der Waals surface area contributed by atoms with Gasteiger partial charge in [0.05, 0.1) is 41.1 Å². The zero-order valence-electron chi connectivity index (χ0n) is 29.6. The summed E-state index contributed by atoms with van der Waals surface area (Å²) < 4.78 is 0. The molecule has 2 saturated carbocycles. The second kappa shape index (κ2) is 12.3. The molecule has 0 saturated heterocycles. The second-order valence-electron chi connectivity index (χ2n) is 15.2. The monoisotopic (exact) mass is 802 g/mol. The number of anilines is 1. The summed E-state index contributed by atoms with van der Waals surface area (Å²) in [5, 5.41) is 115. The second-order valence-corrected chi connectivity index (χ2v) is 15.2. The number of nitrogens with two attached hydrogens (primary N) is 3. The number of phenolic OH excluding ortho intramolecular Hbond substituents is 2. The highest BCUT2D eigenvalue weighted by molar-refractivity contribution is 6.28. The van der Waals surface area contributed by atoms with Crippen LogP contribution in [0.2, 0.25) is 0 Å². The standard InChI is InChI=1S/C38H34N4O16/c39-22-12-7-11-19(32(52)37(12,57)33(53)20(29(22)49)35(41)55)28(48)17-9(25(11)45)4-5-14(26(17)46)42-36(56)21-30(50)23(40)13-6-10-18(31(51)38(13,58)34(21)54)27(47)16-8(24(10)44)2-1-3-15(16)43/h1-5,10-13,22-25,43-48,53-54,57-58H,6-7,39-40H2,(H2,41,55)(H,42,56)/t10-,11-,12-,13-,22-,23-,24+,25+,37-,38-/m0/s1. The van der Waals surface area contributed by atoms with E-state index in [1.165, 1.54) is 12.1 Å². The van der Waals surface area contributed by atoms with Crippen molar-refractivity contribution in [2.24, 2.45) is 40.9 Å². The number of rotatable bonds is 3. The number of benzene rings is 2. The maximum absolute atomic E-state index is 14.1. The van der Waals surface area contributed by atoms with Crippen LogP contribution in [-0.2, 0) is 28.8 Å². The lowest BCUT2D eigenvalue weighted by Gasteiger charge is -2.49. The summed E-state index contributed by atoms with van der Waals surface area (Å²) in [5.74, 6) is -20.9. The number of aliphatic hydroxyl groups is 8. The Hall–Kier alpha value is -6.42. The molecule has 0 unspecified atom stereocenters. The maximum Gasteiger partial charge on any atom is 0.263 e. The van der Waals surface area contributed by atoms with Crippen LogP contribution in [0.25, 0.3) is 11.5 Å². The SMILES string of the molecule is NC(=O)C1=C(O)[C@@]2(O)C(=O)C3=C(O)c4c(ccc(NC(=O)C5=C(O)[C@@]6(O)C(=O)C7=C(O)c8c(O)cccc8[C@@H](O)[C@H]7C[C@H]6[C@H](N)C5=O)c4O)[C@@H](O)[C@H]3C[C@H]2[C@H](N)C1=O. The molecule has 0 spiro atoms. The van der Waals surface area contributed by atoms with E-state index in [1.807, 2.05) is 0 Å². The number of ketones is 4. The molecule has 10 atom stereocenters. The number of carbonyl (C=O) groups is 6. The fourth-order valence-electron chi connectivity index (χ4n) is 9.65. The first-order valence-electron chi connectivity index (χ1n) is 17.7. The first-order chi connectivity index (χ1) is 27.1. The molecule has 0 aromatic heterocycles. The van der Waals surface area contributed by atoms with Crippen LogP contribution in [0.15, 0.2) is 64.1 Å². The number of fused-ring (bicyclic) bond motifs is 6. The highest BCUT2D eigenvalue weighted by atomic mass is 16.4. The van der Waals surface area contributed by atoms with Gasteiger partial charge in [-0.25, -0.2) is 0 Å². The summed E-state index contributed by atoms with van der Waals surface area (Å²) in [7, 11) is 0. The Morgan fingerprint density at radius 3 is 1.66 bits per heavy atom. The fourth-order valence-corrected chi connectivity index (χ4v) is 9.65. The minimum absolute atomic E-state index is 0.0319. The highest BCUT2D eigenvalue weighted by Crippen LogP contribution is 2.57. The molecule has 0 radical (unpaired) electrons. The van der Waals surface area contributed by atoms with E-state index >= 15 is 0 Å². The minimum Gasteiger partial charge on any atom is -0.508 e. The number of aliphatic hydroxyl groups excluding tert-OH is 6. The fraction of sp³-hybridized carbons (Fsp3) is 0.316. The third-order valence-electron chi connectivity index (χ3n) is 12.6. The van der Waals surface area contributed by atoms with Crippen LogP contribution in [-0.4, -0.2) is 109 Å². The molecule has 0 bridgehead atoms. The van der Waals surface area contributed by atoms with Crippen molar-refractivity contribution >= 4 is 52.2 Å². The van der Waals surface area contributed by atoms with Gasteiger partial charge in [-0.2, -0.15) is 0 Å². The van der Waals surface area contributed by atoms with Crippen LogP contribution < -0.4 is 22.5 Å². The van der Waals surface area contributed by atoms with Gasteiger partial charge in [-0.1, -0.05) is 18.2 Å². The number of hydrogen-bond acceptors (Lipinski definition) is 18. The Bertz CT molecular complexity index is 2520. The number of amides is 2. The van der Waals surface area contributed by atoms with E-state index in [2.05, 4.69) is 5.32 Å². The number of phenols is 2. The number of Topliss-reactive ketones (excluding diaryl/α,β-unsaturated/α-hetero) is 4. The van der Waals surface area contributed by atoms with Gasteiger partial charge in [0.1, 0.15) is 45.7 Å². The molecular formula is C38H34N4O16. The summed E-state index contributed by atoms with van der Waals surface area (Å²) in [6.07, 6.45) is -4.31. The van der Waals surface area contributed by atoms with Crippen LogP contribution in [0.5, 0.6) is 11.5 Å². The number of aromatic hydroxyl groups is 2. The first kappa shape index (κ1) is 38.5. The average Bonchev–Trinajstić information content (AvgIpc) is 3.16. The normalized spacial score (nSPS) is 34.2. The number of hydrogen-bond donors (Lipinski definition) is 14. The molecule has 20 nitrogen and oxygen atoms in total. The Morgan fingerprint density at radius 2 is 1.14 bits per heavy atom. The average molecular weight is 803 g/mol. The van der Waals surface area contributed by atoms with Gasteiger partial charge in [0.25, 0.3) is 11.8 Å². The van der Waals surface area contributed by atoms with Crippen LogP contribution in [0.1, 0.15) is 47.3 Å². The van der Waals surface area contributed by atoms with Crippen LogP contribution in [0.3, 0.4) is 0 Å². The van der Waals surface area contributed by atoms with E-state index in [9.17, 15) is 79.8 Å². The summed E-state index contributed by atoms with van der Waals surface area (Å²) >= 11 is 0. The van der Waals surface area contributed by atoms with Crippen molar-refractivity contribution in [3.05, 3.63) is 86.4 Å². The van der Waals surface area contributed by atoms with Gasteiger partial charge in [0.15, 0.2) is 22.8 Å². The Labute approximate surface area is 324 Å². The van der Waals surface area contributed by atoms with Crippen molar-refractivity contribution in [2.45, 2.75) is 48.3 Å². The topological polar surface area (TPSA) is 395 Å². The predicted molar refractivity (Wildman–Crippen MR) is 191 cm³/mol. The van der Waals surface area contributed by atoms with Gasteiger partial charge in [0.2, 0.25) is 11.6 Å². The summed E-state index contributed by atoms with van der Waals surface area (Å²) in [6.45, 7) is 0. The summed E-state index contributed by atoms with van der Waals surface area (Å²) in [5.41, 5.74) is 5.46. The Balaban J connectivity index is 1.18. The smallest absolute Gasteiger partial charge is 0.263 e. The molecule has 2 amide bonds. The lowest BCUT2D eigenvalue weighted by Crippen LogP contribution is -2.65. The lowest BCUT2D eigenvalue weighted by molar-refractivity contribution is -0.152. The van der Waals surface area contributed by atoms with Crippen LogP contribution in [0.4, 0.5) is 5.69 Å². The van der Waals surface area contributed by atoms with Crippen molar-refractivity contribution in [2.75, 3.05) is 5.32 Å². The summed E-state index contributed by atoms with van der Waals surface area (Å²) in [4.78, 5) is 80.3. The molecule has 0 heterocycles. The molecule has 0 aliphatic heterocycles. The molecule has 302 valence electrons. The maximum atomic E-state index is 14.1. The van der Waals surface area contributed by atoms with E-state index in [0.29, 0.717) is 0 Å². The molecule has 6 aliphatic rings. The van der Waals surface area contributed by atoms with E-state index in [1.54, 1.807) is 0 Å². The van der Waals surface area contributed by atoms with Crippen molar-refractivity contribution in [3.63, 3.8) is 0 Å². The van der Waals surface area contributed by atoms with Crippen molar-refractivity contribution in [1.29, 1.82) is 0 Å². The van der Waals surface area contributed by atoms with E-state index in [0.717, 1.165) is 18.2 Å². The van der Waals surface area contributed by atoms with Crippen molar-refractivity contribution in [1.82, 2.24) is 0 Å². The first-order valence-corrected chi connectivity index (χ1v) is 17.7. The number of carbonyl (C=O) groups excluding carboxylic acids is 6. The Morgan fingerprint density at radius 1 is 0.672 bits per heavy atom. The molecule has 20 heteroatoms. The molecule has 2 aromatic carbocycles. The van der Waals surface area contributed by atoms with Crippen molar-refractivity contribution < 1.29 is 79.8 Å². The van der Waals surface area contributed by atoms with E-state index in [-0.39, 0.29) is 16.7 Å².